The first kappa shape index (κ1) is 34.7. The van der Waals surface area contributed by atoms with Gasteiger partial charge in [-0.25, -0.2) is 13.8 Å². The maximum Gasteiger partial charge on any atom is 0.291 e. The minimum absolute atomic E-state index is 0.0224. The fraction of sp³-hybridized carbons (Fsp3) is 0.364. The maximum atomic E-state index is 15.5. The third kappa shape index (κ3) is 7.10. The van der Waals surface area contributed by atoms with E-state index in [4.69, 9.17) is 22.1 Å². The Balaban J connectivity index is 1.26. The van der Waals surface area contributed by atoms with Gasteiger partial charge in [0.15, 0.2) is 17.5 Å². The summed E-state index contributed by atoms with van der Waals surface area (Å²) >= 11 is 6.46. The fourth-order valence-electron chi connectivity index (χ4n) is 5.63. The number of amides is 3. The van der Waals surface area contributed by atoms with Crippen LogP contribution in [-0.4, -0.2) is 93.3 Å². The van der Waals surface area contributed by atoms with Crippen LogP contribution in [0.5, 0.6) is 0 Å². The number of piperazine rings is 1. The second-order valence-electron chi connectivity index (χ2n) is 11.4. The normalized spacial score (nSPS) is 13.2. The molecule has 1 saturated heterocycles. The third-order valence-electron chi connectivity index (χ3n) is 8.42. The molecule has 1 aliphatic heterocycles. The predicted octanol–water partition coefficient (Wildman–Crippen LogP) is 4.11. The smallest absolute Gasteiger partial charge is 0.291 e. The van der Waals surface area contributed by atoms with Crippen molar-refractivity contribution in [3.63, 3.8) is 0 Å². The second-order valence-corrected chi connectivity index (χ2v) is 11.8. The van der Waals surface area contributed by atoms with Crippen LogP contribution in [0.2, 0.25) is 5.02 Å². The van der Waals surface area contributed by atoms with E-state index in [1.54, 1.807) is 34.6 Å². The molecule has 2 aromatic carbocycles. The minimum Gasteiger partial charge on any atom is -0.383 e. The van der Waals surface area contributed by atoms with E-state index in [9.17, 15) is 14.4 Å². The molecule has 1 fully saturated rings. The van der Waals surface area contributed by atoms with Gasteiger partial charge in [0.05, 0.1) is 41.8 Å². The van der Waals surface area contributed by atoms with Gasteiger partial charge in [-0.3, -0.25) is 19.1 Å². The van der Waals surface area contributed by atoms with Crippen LogP contribution in [0.25, 0.3) is 22.4 Å². The summed E-state index contributed by atoms with van der Waals surface area (Å²) in [5, 5.41) is 7.08. The highest BCUT2D eigenvalue weighted by Gasteiger charge is 2.27. The predicted molar refractivity (Wildman–Crippen MR) is 177 cm³/mol. The molecule has 15 heteroatoms. The molecule has 0 unspecified atom stereocenters. The highest BCUT2D eigenvalue weighted by molar-refractivity contribution is 6.34. The van der Waals surface area contributed by atoms with Gasteiger partial charge in [-0.1, -0.05) is 17.7 Å². The molecule has 0 spiro atoms. The molecular formula is C33H37ClF2N8O4. The van der Waals surface area contributed by atoms with Crippen molar-refractivity contribution in [1.82, 2.24) is 29.1 Å². The third-order valence-corrected chi connectivity index (χ3v) is 8.73. The minimum atomic E-state index is -1.09. The molecule has 3 heterocycles. The SMILES string of the molecule is COCCn1ncc(-c2ccc(-c3cnc(C(=O)Nc4ccc(C(=O)N5CCN(C(=O)CCCN)CC5)c(Cl)c4)n3C)c(F)c2F)c1C. The standard InChI is InChI=1S/C33H37ClF2N8O4/c1-20-25(18-39-44(20)15-16-48-3)22-8-9-24(30(36)29(22)35)27-19-38-31(41(27)2)32(46)40-21-6-7-23(26(34)17-21)33(47)43-13-11-42(12-14-43)28(45)5-4-10-37/h6-9,17-19H,4-5,10-16,37H2,1-3H3,(H,40,46). The molecule has 2 aromatic heterocycles. The molecule has 5 rings (SSSR count). The lowest BCUT2D eigenvalue weighted by molar-refractivity contribution is -0.132. The lowest BCUT2D eigenvalue weighted by atomic mass is 10.0. The van der Waals surface area contributed by atoms with Gasteiger partial charge in [-0.05, 0) is 44.2 Å². The van der Waals surface area contributed by atoms with Crippen molar-refractivity contribution in [1.29, 1.82) is 0 Å². The van der Waals surface area contributed by atoms with Gasteiger partial charge >= 0.3 is 0 Å². The molecule has 1 aliphatic rings. The van der Waals surface area contributed by atoms with Crippen molar-refractivity contribution < 1.29 is 27.9 Å². The second kappa shape index (κ2) is 15.0. The molecule has 3 N–H and O–H groups in total. The van der Waals surface area contributed by atoms with Gasteiger partial charge in [-0.15, -0.1) is 0 Å². The highest BCUT2D eigenvalue weighted by Crippen LogP contribution is 2.33. The molecule has 0 saturated carbocycles. The molecule has 4 aromatic rings. The van der Waals surface area contributed by atoms with E-state index in [0.29, 0.717) is 75.7 Å². The van der Waals surface area contributed by atoms with Crippen molar-refractivity contribution in [2.45, 2.75) is 26.3 Å². The molecule has 12 nitrogen and oxygen atoms in total. The number of carbonyl (C=O) groups excluding carboxylic acids is 3. The highest BCUT2D eigenvalue weighted by atomic mass is 35.5. The van der Waals surface area contributed by atoms with Crippen LogP contribution in [0, 0.1) is 18.6 Å². The van der Waals surface area contributed by atoms with Crippen molar-refractivity contribution in [3.8, 4) is 22.4 Å². The first-order valence-electron chi connectivity index (χ1n) is 15.5. The number of imidazole rings is 1. The summed E-state index contributed by atoms with van der Waals surface area (Å²) in [6.07, 6.45) is 3.78. The van der Waals surface area contributed by atoms with Gasteiger partial charge in [-0.2, -0.15) is 5.10 Å². The number of aromatic nitrogens is 4. The number of ether oxygens (including phenoxy) is 1. The number of hydrogen-bond donors (Lipinski definition) is 2. The number of anilines is 1. The van der Waals surface area contributed by atoms with Gasteiger partial charge < -0.3 is 30.2 Å². The molecule has 0 radical (unpaired) electrons. The average molecular weight is 683 g/mol. The van der Waals surface area contributed by atoms with Crippen molar-refractivity contribution in [2.24, 2.45) is 12.8 Å². The molecule has 48 heavy (non-hydrogen) atoms. The van der Waals surface area contributed by atoms with E-state index in [2.05, 4.69) is 15.4 Å². The van der Waals surface area contributed by atoms with E-state index >= 15 is 8.78 Å². The van der Waals surface area contributed by atoms with Gasteiger partial charge in [0.25, 0.3) is 11.8 Å². The van der Waals surface area contributed by atoms with Gasteiger partial charge in [0.2, 0.25) is 5.91 Å². The Bertz CT molecular complexity index is 1830. The summed E-state index contributed by atoms with van der Waals surface area (Å²) < 4.78 is 39.0. The quantitative estimate of drug-likeness (QED) is 0.243. The van der Waals surface area contributed by atoms with Crippen LogP contribution in [0.3, 0.4) is 0 Å². The van der Waals surface area contributed by atoms with Crippen molar-refractivity contribution in [3.05, 3.63) is 76.5 Å². The largest absolute Gasteiger partial charge is 0.383 e. The molecular weight excluding hydrogens is 646 g/mol. The Morgan fingerprint density at radius 2 is 1.69 bits per heavy atom. The molecule has 254 valence electrons. The van der Waals surface area contributed by atoms with Crippen molar-refractivity contribution >= 4 is 35.0 Å². The lowest BCUT2D eigenvalue weighted by Crippen LogP contribution is -2.50. The number of nitrogens with one attached hydrogen (secondary N) is 1. The van der Waals surface area contributed by atoms with E-state index in [1.807, 2.05) is 0 Å². The zero-order valence-corrected chi connectivity index (χ0v) is 27.7. The van der Waals surface area contributed by atoms with Gasteiger partial charge in [0.1, 0.15) is 0 Å². The zero-order valence-electron chi connectivity index (χ0n) is 26.9. The number of rotatable bonds is 11. The summed E-state index contributed by atoms with van der Waals surface area (Å²) in [6.45, 7) is 4.70. The first-order chi connectivity index (χ1) is 23.0. The lowest BCUT2D eigenvalue weighted by Gasteiger charge is -2.35. The number of carbonyl (C=O) groups is 3. The first-order valence-corrected chi connectivity index (χ1v) is 15.8. The number of hydrogen-bond acceptors (Lipinski definition) is 7. The summed E-state index contributed by atoms with van der Waals surface area (Å²) in [5.41, 5.74) is 7.37. The van der Waals surface area contributed by atoms with Crippen LogP contribution in [0.1, 0.15) is 39.5 Å². The van der Waals surface area contributed by atoms with Crippen LogP contribution < -0.4 is 11.1 Å². The van der Waals surface area contributed by atoms with E-state index in [1.165, 1.54) is 48.3 Å². The van der Waals surface area contributed by atoms with E-state index in [0.717, 1.165) is 0 Å². The zero-order chi connectivity index (χ0) is 34.5. The number of nitrogens with zero attached hydrogens (tertiary/aromatic N) is 6. The monoisotopic (exact) mass is 682 g/mol. The topological polar surface area (TPSA) is 141 Å². The van der Waals surface area contributed by atoms with Crippen molar-refractivity contribution in [2.75, 3.05) is 51.8 Å². The summed E-state index contributed by atoms with van der Waals surface area (Å²) in [4.78, 5) is 46.1. The number of halogens is 3. The van der Waals surface area contributed by atoms with E-state index in [-0.39, 0.29) is 45.0 Å². The number of methoxy groups -OCH3 is 1. The van der Waals surface area contributed by atoms with Crippen LogP contribution in [0.4, 0.5) is 14.5 Å². The van der Waals surface area contributed by atoms with Gasteiger partial charge in [0, 0.05) is 74.8 Å². The Hall–Kier alpha value is -4.66. The summed E-state index contributed by atoms with van der Waals surface area (Å²) in [5.74, 6) is -3.06. The van der Waals surface area contributed by atoms with Crippen LogP contribution >= 0.6 is 11.6 Å². The molecule has 3 amide bonds. The molecule has 0 atom stereocenters. The maximum absolute atomic E-state index is 15.5. The van der Waals surface area contributed by atoms with Crippen LogP contribution in [0.15, 0.2) is 42.7 Å². The Morgan fingerprint density at radius 1 is 1.00 bits per heavy atom. The average Bonchev–Trinajstić information content (AvgIpc) is 3.65. The number of benzene rings is 2. The Morgan fingerprint density at radius 3 is 2.38 bits per heavy atom. The summed E-state index contributed by atoms with van der Waals surface area (Å²) in [7, 11) is 3.09. The number of nitrogens with two attached hydrogens (primary N) is 1. The molecule has 0 aliphatic carbocycles. The fourth-order valence-corrected chi connectivity index (χ4v) is 5.90. The Labute approximate surface area is 281 Å². The summed E-state index contributed by atoms with van der Waals surface area (Å²) in [6, 6.07) is 7.43. The Kier molecular flexibility index (Phi) is 10.9. The van der Waals surface area contributed by atoms with E-state index < -0.39 is 17.5 Å². The molecule has 0 bridgehead atoms. The van der Waals surface area contributed by atoms with Crippen LogP contribution in [-0.2, 0) is 23.1 Å².